The number of hydrogen-bond donors (Lipinski definition) is 0. The molecule has 0 saturated heterocycles. The van der Waals surface area contributed by atoms with Gasteiger partial charge >= 0.3 is 0 Å². The molecule has 16 heavy (non-hydrogen) atoms. The number of aryl methyl sites for hydroxylation is 1. The zero-order valence-electron chi connectivity index (χ0n) is 8.51. The van der Waals surface area contributed by atoms with Gasteiger partial charge in [-0.2, -0.15) is 10.1 Å². The standard InChI is InChI=1S/C11H8BrN3O/c1-15-11(10(6-14-15)13-7-16)8-2-4-9(12)5-3-8/h2-6H,1H3. The monoisotopic (exact) mass is 277 g/mol. The van der Waals surface area contributed by atoms with E-state index < -0.39 is 0 Å². The first kappa shape index (κ1) is 10.8. The second-order valence-corrected chi connectivity index (χ2v) is 4.13. The predicted octanol–water partition coefficient (Wildman–Crippen LogP) is 2.82. The van der Waals surface area contributed by atoms with Gasteiger partial charge in [0.1, 0.15) is 5.69 Å². The summed E-state index contributed by atoms with van der Waals surface area (Å²) in [6.07, 6.45) is 3.08. The predicted molar refractivity (Wildman–Crippen MR) is 64.1 cm³/mol. The average molecular weight is 278 g/mol. The number of aromatic nitrogens is 2. The fraction of sp³-hybridized carbons (Fsp3) is 0.0909. The van der Waals surface area contributed by atoms with Gasteiger partial charge in [-0.05, 0) is 12.1 Å². The van der Waals surface area contributed by atoms with E-state index in [1.165, 1.54) is 6.08 Å². The maximum Gasteiger partial charge on any atom is 0.240 e. The Hall–Kier alpha value is -1.71. The Morgan fingerprint density at radius 2 is 2.06 bits per heavy atom. The van der Waals surface area contributed by atoms with Crippen molar-refractivity contribution in [1.82, 2.24) is 9.78 Å². The third kappa shape index (κ3) is 1.96. The van der Waals surface area contributed by atoms with Crippen LogP contribution < -0.4 is 0 Å². The van der Waals surface area contributed by atoms with Gasteiger partial charge in [0.25, 0.3) is 0 Å². The minimum atomic E-state index is 0.528. The lowest BCUT2D eigenvalue weighted by Gasteiger charge is -2.03. The molecule has 1 aromatic heterocycles. The van der Waals surface area contributed by atoms with Crippen LogP contribution in [-0.2, 0) is 11.8 Å². The first-order chi connectivity index (χ1) is 7.72. The lowest BCUT2D eigenvalue weighted by molar-refractivity contribution is 0.565. The molecule has 0 aliphatic rings. The zero-order chi connectivity index (χ0) is 11.5. The van der Waals surface area contributed by atoms with Gasteiger partial charge in [0.05, 0.1) is 11.9 Å². The molecule has 0 fully saturated rings. The number of aliphatic imine (C=N–C) groups is 1. The number of carbonyl (C=O) groups excluding carboxylic acids is 1. The van der Waals surface area contributed by atoms with E-state index in [-0.39, 0.29) is 0 Å². The van der Waals surface area contributed by atoms with E-state index >= 15 is 0 Å². The second kappa shape index (κ2) is 4.43. The number of halogens is 1. The second-order valence-electron chi connectivity index (χ2n) is 3.21. The van der Waals surface area contributed by atoms with Crippen LogP contribution in [0.15, 0.2) is 39.9 Å². The van der Waals surface area contributed by atoms with Gasteiger partial charge in [0, 0.05) is 17.1 Å². The van der Waals surface area contributed by atoms with Crippen molar-refractivity contribution in [2.75, 3.05) is 0 Å². The summed E-state index contributed by atoms with van der Waals surface area (Å²) in [4.78, 5) is 13.9. The van der Waals surface area contributed by atoms with E-state index in [9.17, 15) is 4.79 Å². The van der Waals surface area contributed by atoms with Crippen LogP contribution in [0.3, 0.4) is 0 Å². The number of rotatable bonds is 2. The van der Waals surface area contributed by atoms with Gasteiger partial charge in [0.15, 0.2) is 0 Å². The highest BCUT2D eigenvalue weighted by molar-refractivity contribution is 9.10. The van der Waals surface area contributed by atoms with Crippen LogP contribution in [0.5, 0.6) is 0 Å². The van der Waals surface area contributed by atoms with Crippen LogP contribution in [-0.4, -0.2) is 15.9 Å². The Balaban J connectivity index is 2.58. The van der Waals surface area contributed by atoms with Crippen molar-refractivity contribution in [3.05, 3.63) is 34.9 Å². The Morgan fingerprint density at radius 3 is 2.69 bits per heavy atom. The Labute approximate surface area is 101 Å². The third-order valence-electron chi connectivity index (χ3n) is 2.20. The minimum Gasteiger partial charge on any atom is -0.266 e. The summed E-state index contributed by atoms with van der Waals surface area (Å²) in [6.45, 7) is 0. The summed E-state index contributed by atoms with van der Waals surface area (Å²) < 4.78 is 2.68. The molecule has 2 rings (SSSR count). The van der Waals surface area contributed by atoms with Gasteiger partial charge in [-0.1, -0.05) is 28.1 Å². The molecule has 0 aliphatic carbocycles. The number of isocyanates is 1. The highest BCUT2D eigenvalue weighted by atomic mass is 79.9. The lowest BCUT2D eigenvalue weighted by Crippen LogP contribution is -1.93. The van der Waals surface area contributed by atoms with Crippen molar-refractivity contribution < 1.29 is 4.79 Å². The summed E-state index contributed by atoms with van der Waals surface area (Å²) in [7, 11) is 1.81. The maximum atomic E-state index is 10.3. The van der Waals surface area contributed by atoms with Gasteiger partial charge in [-0.15, -0.1) is 0 Å². The number of benzene rings is 1. The molecule has 1 heterocycles. The van der Waals surface area contributed by atoms with Crippen molar-refractivity contribution in [3.63, 3.8) is 0 Å². The van der Waals surface area contributed by atoms with E-state index in [4.69, 9.17) is 0 Å². The van der Waals surface area contributed by atoms with Crippen LogP contribution in [0.25, 0.3) is 11.3 Å². The minimum absolute atomic E-state index is 0.528. The molecule has 0 saturated carbocycles. The van der Waals surface area contributed by atoms with Crippen molar-refractivity contribution in [1.29, 1.82) is 0 Å². The molecule has 1 aromatic carbocycles. The smallest absolute Gasteiger partial charge is 0.240 e. The van der Waals surface area contributed by atoms with E-state index in [1.54, 1.807) is 17.9 Å². The fourth-order valence-electron chi connectivity index (χ4n) is 1.50. The molecule has 0 radical (unpaired) electrons. The van der Waals surface area contributed by atoms with E-state index in [0.717, 1.165) is 15.7 Å². The van der Waals surface area contributed by atoms with Crippen LogP contribution in [0.1, 0.15) is 0 Å². The zero-order valence-corrected chi connectivity index (χ0v) is 10.1. The molecular formula is C11H8BrN3O. The summed E-state index contributed by atoms with van der Waals surface area (Å²) in [5.74, 6) is 0. The molecule has 2 aromatic rings. The van der Waals surface area contributed by atoms with Crippen molar-refractivity contribution in [2.24, 2.45) is 12.0 Å². The molecule has 0 amide bonds. The Bertz CT molecular complexity index is 553. The number of nitrogens with zero attached hydrogens (tertiary/aromatic N) is 3. The molecule has 0 unspecified atom stereocenters. The van der Waals surface area contributed by atoms with E-state index in [2.05, 4.69) is 26.0 Å². The highest BCUT2D eigenvalue weighted by Crippen LogP contribution is 2.29. The third-order valence-corrected chi connectivity index (χ3v) is 2.73. The molecule has 80 valence electrons. The quantitative estimate of drug-likeness (QED) is 0.626. The number of hydrogen-bond acceptors (Lipinski definition) is 3. The Kier molecular flexibility index (Phi) is 2.99. The van der Waals surface area contributed by atoms with Gasteiger partial charge < -0.3 is 0 Å². The first-order valence-corrected chi connectivity index (χ1v) is 5.37. The van der Waals surface area contributed by atoms with Gasteiger partial charge in [0.2, 0.25) is 6.08 Å². The summed E-state index contributed by atoms with van der Waals surface area (Å²) in [6, 6.07) is 7.73. The normalized spacial score (nSPS) is 9.88. The largest absolute Gasteiger partial charge is 0.266 e. The van der Waals surface area contributed by atoms with Crippen LogP contribution >= 0.6 is 15.9 Å². The van der Waals surface area contributed by atoms with Crippen molar-refractivity contribution >= 4 is 27.7 Å². The van der Waals surface area contributed by atoms with Crippen LogP contribution in [0.2, 0.25) is 0 Å². The molecular weight excluding hydrogens is 270 g/mol. The van der Waals surface area contributed by atoms with Crippen molar-refractivity contribution in [2.45, 2.75) is 0 Å². The summed E-state index contributed by atoms with van der Waals surface area (Å²) in [5, 5.41) is 4.07. The Morgan fingerprint density at radius 1 is 1.38 bits per heavy atom. The van der Waals surface area contributed by atoms with Gasteiger partial charge in [-0.3, -0.25) is 4.68 Å². The summed E-state index contributed by atoms with van der Waals surface area (Å²) >= 11 is 3.37. The SMILES string of the molecule is Cn1ncc(N=C=O)c1-c1ccc(Br)cc1. The molecule has 0 bridgehead atoms. The molecule has 0 spiro atoms. The van der Waals surface area contributed by atoms with Gasteiger partial charge in [-0.25, -0.2) is 4.79 Å². The first-order valence-electron chi connectivity index (χ1n) is 4.58. The molecule has 0 atom stereocenters. The fourth-order valence-corrected chi connectivity index (χ4v) is 1.76. The van der Waals surface area contributed by atoms with Crippen LogP contribution in [0.4, 0.5) is 5.69 Å². The molecule has 0 aliphatic heterocycles. The lowest BCUT2D eigenvalue weighted by atomic mass is 10.1. The van der Waals surface area contributed by atoms with E-state index in [0.29, 0.717) is 5.69 Å². The van der Waals surface area contributed by atoms with E-state index in [1.807, 2.05) is 24.3 Å². The van der Waals surface area contributed by atoms with Crippen LogP contribution in [0, 0.1) is 0 Å². The molecule has 0 N–H and O–H groups in total. The highest BCUT2D eigenvalue weighted by Gasteiger charge is 2.09. The average Bonchev–Trinajstić information content (AvgIpc) is 2.62. The summed E-state index contributed by atoms with van der Waals surface area (Å²) in [5.41, 5.74) is 2.29. The topological polar surface area (TPSA) is 47.2 Å². The van der Waals surface area contributed by atoms with Crippen molar-refractivity contribution in [3.8, 4) is 11.3 Å². The maximum absolute atomic E-state index is 10.3. The molecule has 4 nitrogen and oxygen atoms in total. The molecule has 5 heteroatoms.